The van der Waals surface area contributed by atoms with Crippen LogP contribution in [0.2, 0.25) is 0 Å². The van der Waals surface area contributed by atoms with Crippen LogP contribution in [0.15, 0.2) is 43.0 Å². The number of likely N-dealkylation sites (tertiary alicyclic amines) is 1. The summed E-state index contributed by atoms with van der Waals surface area (Å²) in [7, 11) is 0. The van der Waals surface area contributed by atoms with Crippen LogP contribution >= 0.6 is 0 Å². The number of unbranched alkanes of at least 4 members (excludes halogenated alkanes) is 1. The highest BCUT2D eigenvalue weighted by molar-refractivity contribution is 6.38. The molecule has 0 bridgehead atoms. The van der Waals surface area contributed by atoms with E-state index >= 15 is 0 Å². The number of benzene rings is 1. The van der Waals surface area contributed by atoms with Crippen molar-refractivity contribution in [1.82, 2.24) is 26.2 Å². The summed E-state index contributed by atoms with van der Waals surface area (Å²) >= 11 is 0. The van der Waals surface area contributed by atoms with Crippen LogP contribution in [-0.2, 0) is 35.3 Å². The third-order valence-electron chi connectivity index (χ3n) is 9.31. The van der Waals surface area contributed by atoms with Gasteiger partial charge in [-0.1, -0.05) is 98.2 Å². The van der Waals surface area contributed by atoms with Gasteiger partial charge in [0, 0.05) is 19.5 Å². The number of ether oxygens (including phenoxy) is 1. The molecule has 0 aliphatic carbocycles. The molecule has 302 valence electrons. The Balaban J connectivity index is 2.33. The first-order chi connectivity index (χ1) is 25.0. The van der Waals surface area contributed by atoms with E-state index in [1.807, 2.05) is 32.0 Å². The van der Waals surface area contributed by atoms with E-state index in [2.05, 4.69) is 27.8 Å². The van der Waals surface area contributed by atoms with Crippen molar-refractivity contribution in [1.29, 1.82) is 0 Å². The van der Waals surface area contributed by atoms with E-state index in [9.17, 15) is 41.9 Å². The summed E-state index contributed by atoms with van der Waals surface area (Å²) in [5.41, 5.74) is -0.909. The molecule has 1 heterocycles. The zero-order valence-electron chi connectivity index (χ0n) is 32.7. The highest BCUT2D eigenvalue weighted by Crippen LogP contribution is 2.34. The van der Waals surface area contributed by atoms with E-state index in [1.165, 1.54) is 11.0 Å². The van der Waals surface area contributed by atoms with E-state index in [0.717, 1.165) is 5.56 Å². The van der Waals surface area contributed by atoms with Gasteiger partial charge in [-0.25, -0.2) is 9.59 Å². The Morgan fingerprint density at radius 2 is 1.50 bits per heavy atom. The molecule has 5 amide bonds. The molecule has 2 rings (SSSR count). The van der Waals surface area contributed by atoms with Crippen molar-refractivity contribution in [2.24, 2.45) is 22.7 Å². The number of ketones is 1. The molecular formula is C39H58F3N5O7. The number of carbonyl (C=O) groups is 6. The molecule has 5 atom stereocenters. The summed E-state index contributed by atoms with van der Waals surface area (Å²) in [6, 6.07) is 3.38. The van der Waals surface area contributed by atoms with Crippen LogP contribution in [0.3, 0.4) is 0 Å². The molecular weight excluding hydrogens is 707 g/mol. The summed E-state index contributed by atoms with van der Waals surface area (Å²) in [5.74, 6) is -4.56. The van der Waals surface area contributed by atoms with Crippen molar-refractivity contribution in [3.05, 3.63) is 48.6 Å². The zero-order valence-corrected chi connectivity index (χ0v) is 32.7. The van der Waals surface area contributed by atoms with Crippen LogP contribution in [0.4, 0.5) is 18.0 Å². The lowest BCUT2D eigenvalue weighted by Crippen LogP contribution is -2.62. The van der Waals surface area contributed by atoms with Crippen LogP contribution in [0.1, 0.15) is 93.1 Å². The average molecular weight is 766 g/mol. The number of amides is 5. The minimum absolute atomic E-state index is 0.00636. The molecule has 1 aliphatic heterocycles. The molecule has 54 heavy (non-hydrogen) atoms. The number of alkyl halides is 3. The van der Waals surface area contributed by atoms with Crippen molar-refractivity contribution in [2.75, 3.05) is 13.1 Å². The second-order valence-electron chi connectivity index (χ2n) is 16.3. The Morgan fingerprint density at radius 1 is 0.907 bits per heavy atom. The third-order valence-corrected chi connectivity index (χ3v) is 9.31. The number of hydrogen-bond acceptors (Lipinski definition) is 7. The minimum Gasteiger partial charge on any atom is -0.459 e. The van der Waals surface area contributed by atoms with Gasteiger partial charge in [0.05, 0.1) is 6.04 Å². The number of rotatable bonds is 17. The molecule has 4 N–H and O–H groups in total. The quantitative estimate of drug-likeness (QED) is 0.0733. The summed E-state index contributed by atoms with van der Waals surface area (Å²) < 4.78 is 44.0. The molecule has 1 fully saturated rings. The molecule has 0 radical (unpaired) electrons. The van der Waals surface area contributed by atoms with Crippen molar-refractivity contribution in [2.45, 2.75) is 124 Å². The molecule has 0 spiro atoms. The molecule has 12 nitrogen and oxygen atoms in total. The molecule has 0 aromatic heterocycles. The lowest BCUT2D eigenvalue weighted by Gasteiger charge is -2.37. The topological polar surface area (TPSA) is 163 Å². The molecule has 15 heteroatoms. The van der Waals surface area contributed by atoms with Gasteiger partial charge in [-0.3, -0.25) is 19.2 Å². The first-order valence-electron chi connectivity index (χ1n) is 18.4. The van der Waals surface area contributed by atoms with Gasteiger partial charge in [-0.2, -0.15) is 13.2 Å². The number of urea groups is 1. The summed E-state index contributed by atoms with van der Waals surface area (Å²) in [4.78, 5) is 82.3. The Kier molecular flexibility index (Phi) is 16.7. The van der Waals surface area contributed by atoms with Gasteiger partial charge in [0.15, 0.2) is 0 Å². The van der Waals surface area contributed by atoms with Crippen LogP contribution in [0.25, 0.3) is 0 Å². The SMILES string of the molecule is C=CCNC(=O)C(=O)C(CCCCC(F)(F)F)NC(=O)[C@@H]1[C@@H](C(C)C)CCN1C(=O)[C@@H](NC(=O)N[C@H](C(=O)OCc1ccccc1)C(C)(C)C)C(C)(C)C. The van der Waals surface area contributed by atoms with Gasteiger partial charge >= 0.3 is 18.2 Å². The maximum Gasteiger partial charge on any atom is 0.389 e. The van der Waals surface area contributed by atoms with Crippen LogP contribution < -0.4 is 21.3 Å². The maximum absolute atomic E-state index is 14.4. The average Bonchev–Trinajstić information content (AvgIpc) is 3.53. The fraction of sp³-hybridized carbons (Fsp3) is 0.641. The Bertz CT molecular complexity index is 1470. The number of nitrogens with zero attached hydrogens (tertiary/aromatic N) is 1. The van der Waals surface area contributed by atoms with E-state index in [1.54, 1.807) is 53.7 Å². The number of halogens is 3. The Morgan fingerprint density at radius 3 is 2.04 bits per heavy atom. The first kappa shape index (κ1) is 45.7. The van der Waals surface area contributed by atoms with Crippen molar-refractivity contribution in [3.63, 3.8) is 0 Å². The zero-order chi connectivity index (χ0) is 41.0. The Hall–Kier alpha value is -4.43. The van der Waals surface area contributed by atoms with E-state index in [4.69, 9.17) is 4.74 Å². The number of hydrogen-bond donors (Lipinski definition) is 4. The standard InChI is InChI=1S/C39H58F3N5O7/c1-10-21-43-33(50)29(48)27(18-14-15-20-39(40,41)42)44-32(49)28-26(24(2)3)19-22-47(28)34(51)30(37(4,5)6)45-36(53)46-31(38(7,8)9)35(52)54-23-25-16-12-11-13-17-25/h10-13,16-17,24,26-28,30-31H,1,14-15,18-23H2,2-9H3,(H,43,50)(H,44,49)(H2,45,46,53)/t26-,27?,28+,30-,31-/m1/s1. The number of Topliss-reactive ketones (excluding diaryl/α,β-unsaturated/α-hetero) is 1. The lowest BCUT2D eigenvalue weighted by atomic mass is 9.84. The van der Waals surface area contributed by atoms with Crippen molar-refractivity contribution >= 4 is 35.5 Å². The van der Waals surface area contributed by atoms with E-state index in [0.29, 0.717) is 6.42 Å². The van der Waals surface area contributed by atoms with Crippen LogP contribution in [0.5, 0.6) is 0 Å². The van der Waals surface area contributed by atoms with Gasteiger partial charge in [0.2, 0.25) is 17.6 Å². The molecule has 0 saturated carbocycles. The van der Waals surface area contributed by atoms with Gasteiger partial charge in [-0.15, -0.1) is 6.58 Å². The second-order valence-corrected chi connectivity index (χ2v) is 16.3. The van der Waals surface area contributed by atoms with E-state index < -0.39 is 83.1 Å². The summed E-state index contributed by atoms with van der Waals surface area (Å²) in [6.07, 6.45) is -4.40. The summed E-state index contributed by atoms with van der Waals surface area (Å²) in [5, 5.41) is 10.3. The van der Waals surface area contributed by atoms with Crippen molar-refractivity contribution < 1.29 is 46.7 Å². The van der Waals surface area contributed by atoms with Gasteiger partial charge in [0.25, 0.3) is 5.91 Å². The predicted molar refractivity (Wildman–Crippen MR) is 198 cm³/mol. The van der Waals surface area contributed by atoms with Gasteiger partial charge in [-0.05, 0) is 47.5 Å². The largest absolute Gasteiger partial charge is 0.459 e. The number of carbonyl (C=O) groups excluding carboxylic acids is 6. The smallest absolute Gasteiger partial charge is 0.389 e. The van der Waals surface area contributed by atoms with Gasteiger partial charge < -0.3 is 30.9 Å². The lowest BCUT2D eigenvalue weighted by molar-refractivity contribution is -0.150. The molecule has 1 aromatic rings. The number of nitrogens with one attached hydrogen (secondary N) is 4. The highest BCUT2D eigenvalue weighted by Gasteiger charge is 2.48. The number of esters is 1. The highest BCUT2D eigenvalue weighted by atomic mass is 19.4. The van der Waals surface area contributed by atoms with Crippen LogP contribution in [-0.4, -0.2) is 83.8 Å². The maximum atomic E-state index is 14.4. The monoisotopic (exact) mass is 765 g/mol. The van der Waals surface area contributed by atoms with Crippen molar-refractivity contribution in [3.8, 4) is 0 Å². The fourth-order valence-electron chi connectivity index (χ4n) is 6.27. The van der Waals surface area contributed by atoms with Crippen LogP contribution in [0, 0.1) is 22.7 Å². The third kappa shape index (κ3) is 14.1. The normalized spacial score (nSPS) is 17.9. The molecule has 1 saturated heterocycles. The molecule has 1 aromatic carbocycles. The Labute approximate surface area is 316 Å². The van der Waals surface area contributed by atoms with Gasteiger partial charge in [0.1, 0.15) is 24.7 Å². The summed E-state index contributed by atoms with van der Waals surface area (Å²) in [6.45, 7) is 17.8. The minimum atomic E-state index is -4.41. The molecule has 1 unspecified atom stereocenters. The first-order valence-corrected chi connectivity index (χ1v) is 18.4. The second kappa shape index (κ2) is 19.8. The predicted octanol–water partition coefficient (Wildman–Crippen LogP) is 5.21. The molecule has 1 aliphatic rings. The van der Waals surface area contributed by atoms with E-state index in [-0.39, 0.29) is 50.8 Å². The fourth-order valence-corrected chi connectivity index (χ4v) is 6.27.